The van der Waals surface area contributed by atoms with E-state index in [-0.39, 0.29) is 11.5 Å². The number of hydrogen-bond donors (Lipinski definition) is 2. The van der Waals surface area contributed by atoms with Crippen LogP contribution in [-0.2, 0) is 12.8 Å². The summed E-state index contributed by atoms with van der Waals surface area (Å²) in [7, 11) is 0. The highest BCUT2D eigenvalue weighted by molar-refractivity contribution is 6.04. The summed E-state index contributed by atoms with van der Waals surface area (Å²) in [4.78, 5) is 32.3. The van der Waals surface area contributed by atoms with Gasteiger partial charge in [0.1, 0.15) is 5.82 Å². The van der Waals surface area contributed by atoms with Crippen LogP contribution in [0, 0.1) is 20.8 Å². The number of amides is 1. The zero-order valence-corrected chi connectivity index (χ0v) is 15.6. The summed E-state index contributed by atoms with van der Waals surface area (Å²) in [6.45, 7) is 5.80. The molecule has 2 N–H and O–H groups in total. The van der Waals surface area contributed by atoms with Crippen molar-refractivity contribution in [1.82, 2.24) is 19.7 Å². The fourth-order valence-electron chi connectivity index (χ4n) is 3.35. The van der Waals surface area contributed by atoms with Crippen molar-refractivity contribution in [3.63, 3.8) is 0 Å². The van der Waals surface area contributed by atoms with E-state index in [1.807, 2.05) is 32.9 Å². The van der Waals surface area contributed by atoms with Crippen molar-refractivity contribution in [1.29, 1.82) is 0 Å². The lowest BCUT2D eigenvalue weighted by Gasteiger charge is -2.10. The van der Waals surface area contributed by atoms with E-state index in [1.165, 1.54) is 4.68 Å². The smallest absolute Gasteiger partial charge is 0.256 e. The Morgan fingerprint density at radius 1 is 1.15 bits per heavy atom. The lowest BCUT2D eigenvalue weighted by atomic mass is 10.1. The summed E-state index contributed by atoms with van der Waals surface area (Å²) in [5.41, 5.74) is 4.90. The molecule has 27 heavy (non-hydrogen) atoms. The molecule has 0 fully saturated rings. The number of benzene rings is 1. The molecule has 1 aromatic carbocycles. The molecule has 0 atom stereocenters. The van der Waals surface area contributed by atoms with Gasteiger partial charge in [-0.1, -0.05) is 6.07 Å². The summed E-state index contributed by atoms with van der Waals surface area (Å²) in [5, 5.41) is 7.27. The summed E-state index contributed by atoms with van der Waals surface area (Å²) >= 11 is 0. The van der Waals surface area contributed by atoms with E-state index in [4.69, 9.17) is 0 Å². The number of aryl methyl sites for hydroxylation is 4. The Labute approximate surface area is 156 Å². The van der Waals surface area contributed by atoms with Gasteiger partial charge in [0.15, 0.2) is 0 Å². The molecule has 0 spiro atoms. The average molecular weight is 363 g/mol. The lowest BCUT2D eigenvalue weighted by Crippen LogP contribution is -2.21. The van der Waals surface area contributed by atoms with E-state index in [0.717, 1.165) is 41.6 Å². The van der Waals surface area contributed by atoms with Crippen molar-refractivity contribution in [2.24, 2.45) is 0 Å². The van der Waals surface area contributed by atoms with E-state index >= 15 is 0 Å². The number of fused-ring (bicyclic) bond motifs is 1. The molecular formula is C20H21N5O2. The minimum Gasteiger partial charge on any atom is -0.306 e. The molecule has 2 aromatic heterocycles. The maximum Gasteiger partial charge on any atom is 0.256 e. The van der Waals surface area contributed by atoms with Gasteiger partial charge in [0.25, 0.3) is 11.5 Å². The summed E-state index contributed by atoms with van der Waals surface area (Å²) in [5.74, 6) is 0.559. The number of aromatic nitrogens is 4. The number of nitrogens with zero attached hydrogens (tertiary/aromatic N) is 3. The highest BCUT2D eigenvalue weighted by Crippen LogP contribution is 2.20. The molecule has 0 radical (unpaired) electrons. The van der Waals surface area contributed by atoms with E-state index in [2.05, 4.69) is 20.4 Å². The van der Waals surface area contributed by atoms with E-state index in [1.54, 1.807) is 12.1 Å². The van der Waals surface area contributed by atoms with Crippen molar-refractivity contribution in [3.05, 3.63) is 68.3 Å². The third-order valence-electron chi connectivity index (χ3n) is 4.97. The minimum atomic E-state index is -0.234. The standard InChI is InChI=1S/C20H21N5O2/c1-11-7-8-14(9-12(11)2)18(26)22-17-10-13(3)24-25(17)20-21-16-6-4-5-15(16)19(27)23-20/h7-10H,4-6H2,1-3H3,(H,22,26)(H,21,23,27). The van der Waals surface area contributed by atoms with Crippen LogP contribution >= 0.6 is 0 Å². The largest absolute Gasteiger partial charge is 0.306 e. The van der Waals surface area contributed by atoms with Crippen LogP contribution in [0.3, 0.4) is 0 Å². The minimum absolute atomic E-state index is 0.132. The molecule has 1 aliphatic rings. The molecule has 138 valence electrons. The summed E-state index contributed by atoms with van der Waals surface area (Å²) in [6, 6.07) is 7.33. The van der Waals surface area contributed by atoms with Crippen LogP contribution in [-0.4, -0.2) is 25.7 Å². The van der Waals surface area contributed by atoms with Crippen molar-refractivity contribution < 1.29 is 4.79 Å². The van der Waals surface area contributed by atoms with Crippen LogP contribution in [0.4, 0.5) is 5.82 Å². The first-order chi connectivity index (χ1) is 12.9. The van der Waals surface area contributed by atoms with Gasteiger partial charge in [-0.05, 0) is 63.3 Å². The Balaban J connectivity index is 1.69. The van der Waals surface area contributed by atoms with Gasteiger partial charge < -0.3 is 5.32 Å². The van der Waals surface area contributed by atoms with Gasteiger partial charge in [-0.2, -0.15) is 9.78 Å². The summed E-state index contributed by atoms with van der Waals surface area (Å²) < 4.78 is 1.48. The molecule has 0 bridgehead atoms. The number of carbonyl (C=O) groups excluding carboxylic acids is 1. The van der Waals surface area contributed by atoms with Crippen LogP contribution in [0.2, 0.25) is 0 Å². The summed E-state index contributed by atoms with van der Waals surface area (Å²) in [6.07, 6.45) is 2.48. The molecule has 3 aromatic rings. The maximum absolute atomic E-state index is 12.7. The van der Waals surface area contributed by atoms with Gasteiger partial charge in [-0.15, -0.1) is 0 Å². The van der Waals surface area contributed by atoms with Crippen LogP contribution in [0.15, 0.2) is 29.1 Å². The van der Waals surface area contributed by atoms with Gasteiger partial charge in [0, 0.05) is 17.2 Å². The first kappa shape index (κ1) is 17.2. The van der Waals surface area contributed by atoms with Gasteiger partial charge in [0.05, 0.1) is 11.4 Å². The predicted molar refractivity (Wildman–Crippen MR) is 103 cm³/mol. The van der Waals surface area contributed by atoms with Crippen LogP contribution in [0.5, 0.6) is 0 Å². The van der Waals surface area contributed by atoms with Gasteiger partial charge in [0.2, 0.25) is 5.95 Å². The predicted octanol–water partition coefficient (Wildman–Crippen LogP) is 2.62. The number of nitrogens with one attached hydrogen (secondary N) is 2. The normalized spacial score (nSPS) is 12.9. The van der Waals surface area contributed by atoms with Crippen molar-refractivity contribution in [2.45, 2.75) is 40.0 Å². The number of carbonyl (C=O) groups is 1. The molecule has 0 saturated heterocycles. The monoisotopic (exact) mass is 363 g/mol. The van der Waals surface area contributed by atoms with Crippen molar-refractivity contribution in [3.8, 4) is 5.95 Å². The van der Waals surface area contributed by atoms with E-state index in [0.29, 0.717) is 23.0 Å². The zero-order chi connectivity index (χ0) is 19.1. The van der Waals surface area contributed by atoms with Crippen LogP contribution in [0.25, 0.3) is 5.95 Å². The topological polar surface area (TPSA) is 92.7 Å². The zero-order valence-electron chi connectivity index (χ0n) is 15.6. The number of aromatic amines is 1. The van der Waals surface area contributed by atoms with Crippen molar-refractivity contribution in [2.75, 3.05) is 5.32 Å². The third-order valence-corrected chi connectivity index (χ3v) is 4.97. The molecule has 1 amide bonds. The Morgan fingerprint density at radius 3 is 2.74 bits per heavy atom. The van der Waals surface area contributed by atoms with E-state index in [9.17, 15) is 9.59 Å². The van der Waals surface area contributed by atoms with Crippen LogP contribution in [0.1, 0.15) is 44.9 Å². The van der Waals surface area contributed by atoms with E-state index < -0.39 is 0 Å². The molecule has 0 saturated carbocycles. The number of anilines is 1. The Morgan fingerprint density at radius 2 is 1.96 bits per heavy atom. The quantitative estimate of drug-likeness (QED) is 0.748. The third kappa shape index (κ3) is 3.16. The second-order valence-corrected chi connectivity index (χ2v) is 7.00. The second kappa shape index (κ2) is 6.50. The molecular weight excluding hydrogens is 342 g/mol. The fraction of sp³-hybridized carbons (Fsp3) is 0.300. The van der Waals surface area contributed by atoms with Crippen molar-refractivity contribution >= 4 is 11.7 Å². The Hall–Kier alpha value is -3.22. The van der Waals surface area contributed by atoms with Gasteiger partial charge in [-0.25, -0.2) is 4.98 Å². The highest BCUT2D eigenvalue weighted by Gasteiger charge is 2.20. The molecule has 0 unspecified atom stereocenters. The lowest BCUT2D eigenvalue weighted by molar-refractivity contribution is 0.102. The SMILES string of the molecule is Cc1cc(NC(=O)c2ccc(C)c(C)c2)n(-c2nc3c(c(=O)[nH]2)CCC3)n1. The number of rotatable bonds is 3. The van der Waals surface area contributed by atoms with Crippen LogP contribution < -0.4 is 10.9 Å². The van der Waals surface area contributed by atoms with Gasteiger partial charge in [-0.3, -0.25) is 14.6 Å². The molecule has 0 aliphatic heterocycles. The Bertz CT molecular complexity index is 1110. The number of hydrogen-bond acceptors (Lipinski definition) is 4. The Kier molecular flexibility index (Phi) is 4.14. The van der Waals surface area contributed by atoms with Gasteiger partial charge >= 0.3 is 0 Å². The first-order valence-electron chi connectivity index (χ1n) is 9.00. The molecule has 2 heterocycles. The first-order valence-corrected chi connectivity index (χ1v) is 9.00. The maximum atomic E-state index is 12.7. The highest BCUT2D eigenvalue weighted by atomic mass is 16.1. The molecule has 1 aliphatic carbocycles. The molecule has 7 heteroatoms. The molecule has 7 nitrogen and oxygen atoms in total. The molecule has 4 rings (SSSR count). The second-order valence-electron chi connectivity index (χ2n) is 7.00. The number of H-pyrrole nitrogens is 1. The average Bonchev–Trinajstić information content (AvgIpc) is 3.24. The fourth-order valence-corrected chi connectivity index (χ4v) is 3.35.